The molecule has 0 spiro atoms. The minimum atomic E-state index is -0.121. The first-order valence-electron chi connectivity index (χ1n) is 7.29. The molecule has 1 aliphatic heterocycles. The van der Waals surface area contributed by atoms with E-state index in [-0.39, 0.29) is 18.1 Å². The van der Waals surface area contributed by atoms with Gasteiger partial charge in [0.1, 0.15) is 5.69 Å². The summed E-state index contributed by atoms with van der Waals surface area (Å²) in [6, 6.07) is 0. The summed E-state index contributed by atoms with van der Waals surface area (Å²) in [6.45, 7) is 4.37. The van der Waals surface area contributed by atoms with E-state index in [2.05, 4.69) is 20.5 Å². The van der Waals surface area contributed by atoms with Crippen LogP contribution in [0.5, 0.6) is 0 Å². The SMILES string of the molecule is C[C@@H]1Cc2c(C(=O)N(C)Cc3cn(C)nn3)n[nH]c2[C@H](C)O1. The van der Waals surface area contributed by atoms with Crippen LogP contribution in [-0.4, -0.2) is 49.1 Å². The van der Waals surface area contributed by atoms with Crippen molar-refractivity contribution in [1.29, 1.82) is 0 Å². The zero-order valence-corrected chi connectivity index (χ0v) is 13.2. The summed E-state index contributed by atoms with van der Waals surface area (Å²) >= 11 is 0. The minimum Gasteiger partial charge on any atom is -0.369 e. The molecule has 0 saturated heterocycles. The number of fused-ring (bicyclic) bond motifs is 1. The first kappa shape index (κ1) is 14.7. The Labute approximate surface area is 128 Å². The van der Waals surface area contributed by atoms with Crippen molar-refractivity contribution in [3.63, 3.8) is 0 Å². The number of ether oxygens (including phenoxy) is 1. The van der Waals surface area contributed by atoms with Gasteiger partial charge in [0, 0.05) is 32.3 Å². The highest BCUT2D eigenvalue weighted by Gasteiger charge is 2.30. The molecule has 0 aliphatic carbocycles. The Morgan fingerprint density at radius 2 is 2.32 bits per heavy atom. The molecule has 0 aromatic carbocycles. The van der Waals surface area contributed by atoms with E-state index >= 15 is 0 Å². The predicted octanol–water partition coefficient (Wildman–Crippen LogP) is 0.833. The standard InChI is InChI=1S/C14H20N6O2/c1-8-5-11-12(9(2)22-8)16-17-13(11)14(21)19(3)6-10-7-20(4)18-15-10/h7-9H,5-6H2,1-4H3,(H,16,17)/t8-,9+/m1/s1. The van der Waals surface area contributed by atoms with Crippen LogP contribution in [0, 0.1) is 0 Å². The molecule has 3 rings (SSSR count). The number of hydrogen-bond donors (Lipinski definition) is 1. The summed E-state index contributed by atoms with van der Waals surface area (Å²) in [5.41, 5.74) is 3.08. The number of H-pyrrole nitrogens is 1. The molecule has 1 amide bonds. The van der Waals surface area contributed by atoms with Crippen LogP contribution in [0.25, 0.3) is 0 Å². The highest BCUT2D eigenvalue weighted by molar-refractivity contribution is 5.93. The maximum absolute atomic E-state index is 12.6. The van der Waals surface area contributed by atoms with Crippen molar-refractivity contribution in [1.82, 2.24) is 30.1 Å². The lowest BCUT2D eigenvalue weighted by atomic mass is 9.99. The summed E-state index contributed by atoms with van der Waals surface area (Å²) in [4.78, 5) is 14.3. The number of rotatable bonds is 3. The van der Waals surface area contributed by atoms with Gasteiger partial charge in [-0.2, -0.15) is 5.10 Å². The molecule has 8 nitrogen and oxygen atoms in total. The molecule has 1 N–H and O–H groups in total. The third-order valence-electron chi connectivity index (χ3n) is 3.83. The second-order valence-electron chi connectivity index (χ2n) is 5.80. The van der Waals surface area contributed by atoms with E-state index in [1.54, 1.807) is 29.9 Å². The third kappa shape index (κ3) is 2.61. The molecule has 2 aromatic rings. The van der Waals surface area contributed by atoms with E-state index < -0.39 is 0 Å². The Balaban J connectivity index is 1.80. The Bertz CT molecular complexity index is 691. The number of carbonyl (C=O) groups is 1. The fourth-order valence-electron chi connectivity index (χ4n) is 2.81. The summed E-state index contributed by atoms with van der Waals surface area (Å²) in [7, 11) is 3.54. The number of hydrogen-bond acceptors (Lipinski definition) is 5. The zero-order valence-electron chi connectivity index (χ0n) is 13.2. The van der Waals surface area contributed by atoms with E-state index in [4.69, 9.17) is 4.74 Å². The van der Waals surface area contributed by atoms with Gasteiger partial charge in [-0.1, -0.05) is 5.21 Å². The summed E-state index contributed by atoms with van der Waals surface area (Å²) in [5.74, 6) is -0.121. The van der Waals surface area contributed by atoms with Gasteiger partial charge in [-0.05, 0) is 13.8 Å². The third-order valence-corrected chi connectivity index (χ3v) is 3.83. The first-order valence-corrected chi connectivity index (χ1v) is 7.29. The summed E-state index contributed by atoms with van der Waals surface area (Å²) in [5, 5.41) is 15.0. The van der Waals surface area contributed by atoms with Crippen molar-refractivity contribution in [2.24, 2.45) is 7.05 Å². The summed E-state index contributed by atoms with van der Waals surface area (Å²) in [6.07, 6.45) is 2.49. The van der Waals surface area contributed by atoms with Crippen LogP contribution in [0.1, 0.15) is 47.4 Å². The number of aryl methyl sites for hydroxylation is 1. The molecule has 1 aliphatic rings. The predicted molar refractivity (Wildman–Crippen MR) is 78.1 cm³/mol. The lowest BCUT2D eigenvalue weighted by Crippen LogP contribution is -2.29. The van der Waals surface area contributed by atoms with Crippen molar-refractivity contribution in [2.45, 2.75) is 39.0 Å². The van der Waals surface area contributed by atoms with Gasteiger partial charge >= 0.3 is 0 Å². The minimum absolute atomic E-state index is 0.0712. The highest BCUT2D eigenvalue weighted by Crippen LogP contribution is 2.30. The fraction of sp³-hybridized carbons (Fsp3) is 0.571. The molecule has 2 aromatic heterocycles. The highest BCUT2D eigenvalue weighted by atomic mass is 16.5. The fourth-order valence-corrected chi connectivity index (χ4v) is 2.81. The van der Waals surface area contributed by atoms with Gasteiger partial charge in [0.15, 0.2) is 5.69 Å². The monoisotopic (exact) mass is 304 g/mol. The van der Waals surface area contributed by atoms with Crippen LogP contribution in [0.15, 0.2) is 6.20 Å². The second kappa shape index (κ2) is 5.53. The van der Waals surface area contributed by atoms with Crippen LogP contribution in [-0.2, 0) is 24.8 Å². The van der Waals surface area contributed by atoms with Crippen LogP contribution < -0.4 is 0 Å². The van der Waals surface area contributed by atoms with Gasteiger partial charge < -0.3 is 9.64 Å². The maximum atomic E-state index is 12.6. The quantitative estimate of drug-likeness (QED) is 0.907. The first-order chi connectivity index (χ1) is 10.5. The van der Waals surface area contributed by atoms with Crippen molar-refractivity contribution < 1.29 is 9.53 Å². The molecule has 3 heterocycles. The van der Waals surface area contributed by atoms with E-state index in [0.717, 1.165) is 17.0 Å². The Hall–Kier alpha value is -2.22. The van der Waals surface area contributed by atoms with Gasteiger partial charge in [-0.15, -0.1) is 5.10 Å². The molecule has 8 heteroatoms. The van der Waals surface area contributed by atoms with E-state index in [1.807, 2.05) is 13.8 Å². The topological polar surface area (TPSA) is 88.9 Å². The smallest absolute Gasteiger partial charge is 0.274 e. The molecule has 22 heavy (non-hydrogen) atoms. The molecule has 118 valence electrons. The van der Waals surface area contributed by atoms with Crippen molar-refractivity contribution in [2.75, 3.05) is 7.05 Å². The van der Waals surface area contributed by atoms with Gasteiger partial charge in [0.25, 0.3) is 5.91 Å². The van der Waals surface area contributed by atoms with Crippen LogP contribution in [0.3, 0.4) is 0 Å². The molecular weight excluding hydrogens is 284 g/mol. The Kier molecular flexibility index (Phi) is 3.69. The Morgan fingerprint density at radius 1 is 1.55 bits per heavy atom. The number of aromatic amines is 1. The number of nitrogens with zero attached hydrogens (tertiary/aromatic N) is 5. The lowest BCUT2D eigenvalue weighted by Gasteiger charge is -2.25. The maximum Gasteiger partial charge on any atom is 0.274 e. The zero-order chi connectivity index (χ0) is 15.9. The summed E-state index contributed by atoms with van der Waals surface area (Å²) < 4.78 is 7.36. The van der Waals surface area contributed by atoms with Crippen molar-refractivity contribution in [3.05, 3.63) is 28.8 Å². The van der Waals surface area contributed by atoms with Crippen molar-refractivity contribution in [3.8, 4) is 0 Å². The Morgan fingerprint density at radius 3 is 3.00 bits per heavy atom. The average Bonchev–Trinajstić information content (AvgIpc) is 3.04. The number of aromatic nitrogens is 5. The lowest BCUT2D eigenvalue weighted by molar-refractivity contribution is -0.00701. The van der Waals surface area contributed by atoms with Crippen LogP contribution >= 0.6 is 0 Å². The van der Waals surface area contributed by atoms with Gasteiger partial charge in [-0.3, -0.25) is 14.6 Å². The largest absolute Gasteiger partial charge is 0.369 e. The average molecular weight is 304 g/mol. The molecule has 0 bridgehead atoms. The van der Waals surface area contributed by atoms with Crippen LogP contribution in [0.4, 0.5) is 0 Å². The van der Waals surface area contributed by atoms with Gasteiger partial charge in [0.05, 0.1) is 24.4 Å². The second-order valence-corrected chi connectivity index (χ2v) is 5.80. The van der Waals surface area contributed by atoms with E-state index in [0.29, 0.717) is 18.7 Å². The normalized spacial score (nSPS) is 20.7. The number of amides is 1. The number of nitrogens with one attached hydrogen (secondary N) is 1. The van der Waals surface area contributed by atoms with E-state index in [9.17, 15) is 4.79 Å². The van der Waals surface area contributed by atoms with Gasteiger partial charge in [0.2, 0.25) is 0 Å². The molecule has 2 atom stereocenters. The van der Waals surface area contributed by atoms with E-state index in [1.165, 1.54) is 0 Å². The van der Waals surface area contributed by atoms with Crippen molar-refractivity contribution >= 4 is 5.91 Å². The molecular formula is C14H20N6O2. The van der Waals surface area contributed by atoms with Crippen LogP contribution in [0.2, 0.25) is 0 Å². The number of carbonyl (C=O) groups excluding carboxylic acids is 1. The molecule has 0 radical (unpaired) electrons. The molecule has 0 unspecified atom stereocenters. The molecule has 0 saturated carbocycles. The molecule has 0 fully saturated rings. The van der Waals surface area contributed by atoms with Gasteiger partial charge in [-0.25, -0.2) is 0 Å².